The van der Waals surface area contributed by atoms with Crippen LogP contribution in [0.3, 0.4) is 0 Å². The molecule has 0 atom stereocenters. The van der Waals surface area contributed by atoms with Crippen LogP contribution in [0, 0.1) is 6.92 Å². The van der Waals surface area contributed by atoms with Gasteiger partial charge in [-0.25, -0.2) is 9.97 Å². The number of hydrogen-bond acceptors (Lipinski definition) is 6. The van der Waals surface area contributed by atoms with Crippen LogP contribution in [0.1, 0.15) is 10.6 Å². The van der Waals surface area contributed by atoms with Crippen molar-refractivity contribution in [3.63, 3.8) is 0 Å². The van der Waals surface area contributed by atoms with Crippen LogP contribution < -0.4 is 5.32 Å². The Balaban J connectivity index is 1.33. The molecule has 0 aliphatic rings. The third kappa shape index (κ3) is 4.37. The maximum Gasteiger partial charge on any atom is 0.230 e. The molecule has 0 radical (unpaired) electrons. The Kier molecular flexibility index (Phi) is 5.52. The molecule has 1 N–H and O–H groups in total. The third-order valence-corrected chi connectivity index (χ3v) is 7.35. The van der Waals surface area contributed by atoms with Gasteiger partial charge >= 0.3 is 0 Å². The van der Waals surface area contributed by atoms with E-state index in [0.717, 1.165) is 35.7 Å². The second-order valence-electron chi connectivity index (χ2n) is 5.91. The van der Waals surface area contributed by atoms with Crippen molar-refractivity contribution >= 4 is 50.6 Å². The van der Waals surface area contributed by atoms with Crippen molar-refractivity contribution in [1.82, 2.24) is 15.3 Å². The number of benzene rings is 2. The summed E-state index contributed by atoms with van der Waals surface area (Å²) >= 11 is 4.73. The second kappa shape index (κ2) is 8.21. The van der Waals surface area contributed by atoms with E-state index in [9.17, 15) is 4.79 Å². The normalized spacial score (nSPS) is 11.0. The number of aromatic nitrogens is 2. The number of carbonyl (C=O) groups is 1. The number of amides is 1. The molecule has 0 bridgehead atoms. The summed E-state index contributed by atoms with van der Waals surface area (Å²) in [4.78, 5) is 22.5. The maximum atomic E-state index is 12.2. The van der Waals surface area contributed by atoms with Crippen LogP contribution in [-0.2, 0) is 11.3 Å². The van der Waals surface area contributed by atoms with E-state index in [-0.39, 0.29) is 5.91 Å². The minimum atomic E-state index is 0.00770. The summed E-state index contributed by atoms with van der Waals surface area (Å²) in [5, 5.41) is 3.98. The quantitative estimate of drug-likeness (QED) is 0.447. The molecule has 136 valence electrons. The first kappa shape index (κ1) is 18.2. The van der Waals surface area contributed by atoms with Gasteiger partial charge in [-0.2, -0.15) is 0 Å². The molecular formula is C20H17N3OS3. The van der Waals surface area contributed by atoms with E-state index in [0.29, 0.717) is 12.3 Å². The van der Waals surface area contributed by atoms with Crippen molar-refractivity contribution in [2.24, 2.45) is 0 Å². The summed E-state index contributed by atoms with van der Waals surface area (Å²) < 4.78 is 2.07. The summed E-state index contributed by atoms with van der Waals surface area (Å²) in [6.07, 6.45) is 0. The average Bonchev–Trinajstić information content (AvgIpc) is 3.28. The lowest BCUT2D eigenvalue weighted by Gasteiger charge is -2.02. The lowest BCUT2D eigenvalue weighted by Crippen LogP contribution is -2.24. The monoisotopic (exact) mass is 411 g/mol. The van der Waals surface area contributed by atoms with Gasteiger partial charge in [0.1, 0.15) is 5.01 Å². The number of rotatable bonds is 6. The van der Waals surface area contributed by atoms with Crippen LogP contribution in [0.25, 0.3) is 20.8 Å². The molecule has 0 saturated heterocycles. The average molecular weight is 412 g/mol. The van der Waals surface area contributed by atoms with Gasteiger partial charge < -0.3 is 5.32 Å². The molecular weight excluding hydrogens is 394 g/mol. The van der Waals surface area contributed by atoms with Crippen molar-refractivity contribution in [2.75, 3.05) is 5.75 Å². The van der Waals surface area contributed by atoms with Crippen LogP contribution >= 0.6 is 34.4 Å². The summed E-state index contributed by atoms with van der Waals surface area (Å²) in [5.41, 5.74) is 3.06. The number of para-hydroxylation sites is 1. The van der Waals surface area contributed by atoms with E-state index >= 15 is 0 Å². The first-order chi connectivity index (χ1) is 13.2. The minimum Gasteiger partial charge on any atom is -0.350 e. The number of fused-ring (bicyclic) bond motifs is 1. The molecule has 0 aliphatic heterocycles. The SMILES string of the molecule is Cc1nc(-c2ccccc2)sc1CNC(=O)CSc1nc2ccccc2s1. The van der Waals surface area contributed by atoms with E-state index in [1.165, 1.54) is 11.8 Å². The Morgan fingerprint density at radius 2 is 1.81 bits per heavy atom. The molecule has 1 amide bonds. The summed E-state index contributed by atoms with van der Waals surface area (Å²) in [6, 6.07) is 18.1. The Bertz CT molecular complexity index is 1040. The van der Waals surface area contributed by atoms with Crippen LogP contribution in [0.15, 0.2) is 58.9 Å². The Hall–Kier alpha value is -2.22. The van der Waals surface area contributed by atoms with Crippen molar-refractivity contribution in [2.45, 2.75) is 17.8 Å². The Morgan fingerprint density at radius 1 is 1.04 bits per heavy atom. The second-order valence-corrected chi connectivity index (χ2v) is 9.24. The molecule has 0 aliphatic carbocycles. The number of nitrogens with one attached hydrogen (secondary N) is 1. The van der Waals surface area contributed by atoms with Crippen molar-refractivity contribution in [3.8, 4) is 10.6 Å². The largest absolute Gasteiger partial charge is 0.350 e. The summed E-state index contributed by atoms with van der Waals surface area (Å²) in [5.74, 6) is 0.372. The zero-order valence-electron chi connectivity index (χ0n) is 14.6. The van der Waals surface area contributed by atoms with Crippen molar-refractivity contribution in [1.29, 1.82) is 0 Å². The highest BCUT2D eigenvalue weighted by Crippen LogP contribution is 2.29. The number of thioether (sulfide) groups is 1. The molecule has 2 aromatic heterocycles. The molecule has 4 nitrogen and oxygen atoms in total. The van der Waals surface area contributed by atoms with E-state index in [1.54, 1.807) is 22.7 Å². The highest BCUT2D eigenvalue weighted by Gasteiger charge is 2.11. The van der Waals surface area contributed by atoms with Crippen LogP contribution in [0.5, 0.6) is 0 Å². The highest BCUT2D eigenvalue weighted by molar-refractivity contribution is 8.01. The minimum absolute atomic E-state index is 0.00770. The molecule has 7 heteroatoms. The van der Waals surface area contributed by atoms with E-state index in [2.05, 4.69) is 27.4 Å². The molecule has 2 heterocycles. The first-order valence-corrected chi connectivity index (χ1v) is 11.1. The van der Waals surface area contributed by atoms with E-state index in [1.807, 2.05) is 49.4 Å². The molecule has 0 fully saturated rings. The Morgan fingerprint density at radius 3 is 2.63 bits per heavy atom. The van der Waals surface area contributed by atoms with Gasteiger partial charge in [0.2, 0.25) is 5.91 Å². The predicted molar refractivity (Wildman–Crippen MR) is 114 cm³/mol. The van der Waals surface area contributed by atoms with E-state index < -0.39 is 0 Å². The lowest BCUT2D eigenvalue weighted by atomic mass is 10.2. The van der Waals surface area contributed by atoms with Crippen molar-refractivity contribution in [3.05, 3.63) is 65.2 Å². The predicted octanol–water partition coefficient (Wildman–Crippen LogP) is 5.14. The standard InChI is InChI=1S/C20H17N3OS3/c1-13-17(26-19(22-13)14-7-3-2-4-8-14)11-21-18(24)12-25-20-23-15-9-5-6-10-16(15)27-20/h2-10H,11-12H2,1H3,(H,21,24). The molecule has 0 spiro atoms. The molecule has 2 aromatic carbocycles. The van der Waals surface area contributed by atoms with Crippen molar-refractivity contribution < 1.29 is 4.79 Å². The van der Waals surface area contributed by atoms with Crippen LogP contribution in [0.4, 0.5) is 0 Å². The highest BCUT2D eigenvalue weighted by atomic mass is 32.2. The van der Waals surface area contributed by atoms with Gasteiger partial charge in [-0.3, -0.25) is 4.79 Å². The van der Waals surface area contributed by atoms with Gasteiger partial charge in [0.15, 0.2) is 4.34 Å². The van der Waals surface area contributed by atoms with Gasteiger partial charge in [-0.05, 0) is 19.1 Å². The van der Waals surface area contributed by atoms with Gasteiger partial charge in [0.25, 0.3) is 0 Å². The fourth-order valence-corrected chi connectivity index (χ4v) is 5.47. The third-order valence-electron chi connectivity index (χ3n) is 3.96. The molecule has 27 heavy (non-hydrogen) atoms. The first-order valence-electron chi connectivity index (χ1n) is 8.46. The van der Waals surface area contributed by atoms with Crippen LogP contribution in [0.2, 0.25) is 0 Å². The van der Waals surface area contributed by atoms with Gasteiger partial charge in [0, 0.05) is 10.4 Å². The topological polar surface area (TPSA) is 54.9 Å². The van der Waals surface area contributed by atoms with Gasteiger partial charge in [-0.15, -0.1) is 22.7 Å². The van der Waals surface area contributed by atoms with Gasteiger partial charge in [0.05, 0.1) is 28.2 Å². The molecule has 4 rings (SSSR count). The number of thiazole rings is 2. The van der Waals surface area contributed by atoms with Gasteiger partial charge in [-0.1, -0.05) is 54.2 Å². The molecule has 0 unspecified atom stereocenters. The molecule has 0 saturated carbocycles. The van der Waals surface area contributed by atoms with Crippen LogP contribution in [-0.4, -0.2) is 21.6 Å². The smallest absolute Gasteiger partial charge is 0.230 e. The zero-order chi connectivity index (χ0) is 18.6. The zero-order valence-corrected chi connectivity index (χ0v) is 17.1. The molecule has 4 aromatic rings. The number of aryl methyl sites for hydroxylation is 1. The summed E-state index contributed by atoms with van der Waals surface area (Å²) in [6.45, 7) is 2.50. The number of nitrogens with zero attached hydrogens (tertiary/aromatic N) is 2. The number of carbonyl (C=O) groups excluding carboxylic acids is 1. The van der Waals surface area contributed by atoms with E-state index in [4.69, 9.17) is 0 Å². The maximum absolute atomic E-state index is 12.2. The number of hydrogen-bond donors (Lipinski definition) is 1. The Labute approximate surface area is 169 Å². The lowest BCUT2D eigenvalue weighted by molar-refractivity contribution is -0.118. The summed E-state index contributed by atoms with van der Waals surface area (Å²) in [7, 11) is 0. The fourth-order valence-electron chi connectivity index (χ4n) is 2.57. The fraction of sp³-hybridized carbons (Fsp3) is 0.150.